The van der Waals surface area contributed by atoms with Crippen molar-refractivity contribution in [3.8, 4) is 0 Å². The number of allylic oxidation sites excluding steroid dienone is 16. The average molecular weight is 795 g/mol. The summed E-state index contributed by atoms with van der Waals surface area (Å²) in [5.74, 6) is -1.60. The molecule has 0 saturated heterocycles. The van der Waals surface area contributed by atoms with Gasteiger partial charge in [0.15, 0.2) is 12.1 Å². The van der Waals surface area contributed by atoms with Crippen molar-refractivity contribution in [1.82, 2.24) is 0 Å². The highest BCUT2D eigenvalue weighted by Gasteiger charge is 2.31. The summed E-state index contributed by atoms with van der Waals surface area (Å²) in [6.07, 6.45) is 51.7. The summed E-state index contributed by atoms with van der Waals surface area (Å²) in [4.78, 5) is 36.9. The summed E-state index contributed by atoms with van der Waals surface area (Å²) in [5.41, 5.74) is 0. The van der Waals surface area contributed by atoms with Gasteiger partial charge in [0.25, 0.3) is 0 Å². The molecule has 0 fully saturated rings. The first-order chi connectivity index (χ1) is 27.6. The second-order valence-electron chi connectivity index (χ2n) is 15.2. The first-order valence-electron chi connectivity index (χ1n) is 21.8. The lowest BCUT2D eigenvalue weighted by Gasteiger charge is -2.31. The Morgan fingerprint density at radius 1 is 0.544 bits per heavy atom. The molecule has 0 aromatic rings. The molecule has 0 bridgehead atoms. The molecular weight excluding hydrogens is 715 g/mol. The highest BCUT2D eigenvalue weighted by molar-refractivity contribution is 5.72. The van der Waals surface area contributed by atoms with Crippen LogP contribution in [0.5, 0.6) is 0 Å². The molecule has 0 spiro atoms. The van der Waals surface area contributed by atoms with Crippen LogP contribution in [0.4, 0.5) is 0 Å². The number of ether oxygens (including phenoxy) is 3. The first-order valence-corrected chi connectivity index (χ1v) is 21.8. The second kappa shape index (κ2) is 39.1. The summed E-state index contributed by atoms with van der Waals surface area (Å²) in [5, 5.41) is 9.61. The van der Waals surface area contributed by atoms with Crippen molar-refractivity contribution in [2.75, 3.05) is 41.0 Å². The van der Waals surface area contributed by atoms with E-state index in [9.17, 15) is 19.5 Å². The topological polar surface area (TPSA) is 99.1 Å². The Kier molecular flexibility index (Phi) is 36.5. The first kappa shape index (κ1) is 53.2. The molecule has 0 aliphatic rings. The molecule has 1 N–H and O–H groups in total. The van der Waals surface area contributed by atoms with Gasteiger partial charge in [-0.1, -0.05) is 130 Å². The van der Waals surface area contributed by atoms with Gasteiger partial charge in [0.05, 0.1) is 34.4 Å². The number of likely N-dealkylation sites (N-methyl/N-ethyl adjacent to an activating group) is 1. The fourth-order valence-corrected chi connectivity index (χ4v) is 5.60. The van der Waals surface area contributed by atoms with Crippen molar-refractivity contribution in [3.63, 3.8) is 0 Å². The monoisotopic (exact) mass is 795 g/mol. The van der Waals surface area contributed by atoms with E-state index in [1.165, 1.54) is 25.7 Å². The van der Waals surface area contributed by atoms with E-state index in [-0.39, 0.29) is 42.7 Å². The van der Waals surface area contributed by atoms with Gasteiger partial charge in [0.1, 0.15) is 6.61 Å². The number of carbonyl (C=O) groups is 3. The fourth-order valence-electron chi connectivity index (χ4n) is 5.60. The molecule has 57 heavy (non-hydrogen) atoms. The molecule has 322 valence electrons. The third kappa shape index (κ3) is 37.6. The van der Waals surface area contributed by atoms with Crippen LogP contribution in [0, 0.1) is 0 Å². The number of aliphatic carboxylic acids is 1. The molecule has 0 aromatic carbocycles. The maximum Gasteiger partial charge on any atom is 0.362 e. The van der Waals surface area contributed by atoms with E-state index in [0.717, 1.165) is 77.0 Å². The molecule has 0 heterocycles. The van der Waals surface area contributed by atoms with Gasteiger partial charge < -0.3 is 23.8 Å². The number of carboxylic acid groups (broad SMARTS) is 1. The number of rotatable bonds is 37. The lowest BCUT2D eigenvalue weighted by molar-refractivity contribution is -0.887. The van der Waals surface area contributed by atoms with Crippen LogP contribution in [0.1, 0.15) is 142 Å². The molecule has 0 radical (unpaired) electrons. The number of unbranched alkanes of at least 4 members (excludes halogenated alkanes) is 7. The van der Waals surface area contributed by atoms with E-state index in [0.29, 0.717) is 19.3 Å². The standard InChI is InChI=1S/C49H79NO7/c1-6-8-10-12-14-16-18-20-22-24-26-28-30-32-34-36-38-40-48(52)57-45(43-55-42-41-46(49(53)54)50(3,4)5)44-56-47(51)39-37-35-33-31-29-27-25-23-21-19-17-15-13-11-9-7-2/h9,11,14-17,20-23,26-29,32,34,45-46H,6-8,10,12-13,18-19,24-25,30-31,33,35-44H2,1-5H3/p+1/b11-9+,16-14+,17-15+,22-20+,23-21+,28-26+,29-27+,34-32+. The zero-order chi connectivity index (χ0) is 42.1. The second-order valence-corrected chi connectivity index (χ2v) is 15.2. The molecule has 0 aliphatic heterocycles. The highest BCUT2D eigenvalue weighted by Crippen LogP contribution is 2.11. The van der Waals surface area contributed by atoms with Crippen molar-refractivity contribution in [2.24, 2.45) is 0 Å². The summed E-state index contributed by atoms with van der Waals surface area (Å²) in [6.45, 7) is 4.47. The SMILES string of the molecule is CC/C=C/C/C=C/C/C=C/C/C=C/CCCCCC(=O)OCC(COCCC(C(=O)O)[N+](C)(C)C)OC(=O)CCC/C=C/C/C=C/C/C=C/C/C=C/CCCCC. The van der Waals surface area contributed by atoms with Crippen molar-refractivity contribution in [3.05, 3.63) is 97.2 Å². The Morgan fingerprint density at radius 3 is 1.47 bits per heavy atom. The number of esters is 2. The molecule has 8 heteroatoms. The number of nitrogens with zero attached hydrogens (tertiary/aromatic N) is 1. The van der Waals surface area contributed by atoms with E-state index in [2.05, 4.69) is 111 Å². The van der Waals surface area contributed by atoms with Gasteiger partial charge >= 0.3 is 17.9 Å². The third-order valence-electron chi connectivity index (χ3n) is 8.97. The molecule has 0 amide bonds. The lowest BCUT2D eigenvalue weighted by atomic mass is 10.1. The highest BCUT2D eigenvalue weighted by atomic mass is 16.6. The summed E-state index contributed by atoms with van der Waals surface area (Å²) < 4.78 is 17.2. The van der Waals surface area contributed by atoms with Gasteiger partial charge in [-0.05, 0) is 89.9 Å². The minimum Gasteiger partial charge on any atom is -0.477 e. The smallest absolute Gasteiger partial charge is 0.362 e. The van der Waals surface area contributed by atoms with E-state index in [1.54, 1.807) is 0 Å². The van der Waals surface area contributed by atoms with E-state index < -0.39 is 18.1 Å². The predicted octanol–water partition coefficient (Wildman–Crippen LogP) is 11.9. The number of hydrogen-bond donors (Lipinski definition) is 1. The molecule has 0 aliphatic carbocycles. The molecule has 2 unspecified atom stereocenters. The summed E-state index contributed by atoms with van der Waals surface area (Å²) in [6, 6.07) is -0.635. The third-order valence-corrected chi connectivity index (χ3v) is 8.97. The van der Waals surface area contributed by atoms with Gasteiger partial charge in [-0.3, -0.25) is 9.59 Å². The van der Waals surface area contributed by atoms with Crippen LogP contribution in [0.2, 0.25) is 0 Å². The van der Waals surface area contributed by atoms with Crippen LogP contribution in [0.3, 0.4) is 0 Å². The molecule has 8 nitrogen and oxygen atoms in total. The van der Waals surface area contributed by atoms with Crippen molar-refractivity contribution >= 4 is 17.9 Å². The Morgan fingerprint density at radius 2 is 1.00 bits per heavy atom. The Balaban J connectivity index is 4.54. The normalized spacial score (nSPS) is 13.9. The fraction of sp³-hybridized carbons (Fsp3) is 0.612. The lowest BCUT2D eigenvalue weighted by Crippen LogP contribution is -2.50. The van der Waals surface area contributed by atoms with E-state index in [4.69, 9.17) is 14.2 Å². The Hall–Kier alpha value is -3.75. The van der Waals surface area contributed by atoms with Crippen molar-refractivity contribution < 1.29 is 38.2 Å². The number of carboxylic acids is 1. The average Bonchev–Trinajstić information content (AvgIpc) is 3.17. The summed E-state index contributed by atoms with van der Waals surface area (Å²) >= 11 is 0. The van der Waals surface area contributed by atoms with Crippen LogP contribution in [0.15, 0.2) is 97.2 Å². The zero-order valence-electron chi connectivity index (χ0n) is 36.5. The number of quaternary nitrogens is 1. The molecule has 0 aromatic heterocycles. The Labute approximate surface area is 347 Å². The number of hydrogen-bond acceptors (Lipinski definition) is 6. The van der Waals surface area contributed by atoms with Crippen LogP contribution in [0.25, 0.3) is 0 Å². The minimum absolute atomic E-state index is 0.0224. The Bertz CT molecular complexity index is 1250. The zero-order valence-corrected chi connectivity index (χ0v) is 36.5. The molecular formula is C49H80NO7+. The maximum atomic E-state index is 12.7. The van der Waals surface area contributed by atoms with E-state index in [1.807, 2.05) is 21.1 Å². The summed E-state index contributed by atoms with van der Waals surface area (Å²) in [7, 11) is 5.48. The predicted molar refractivity (Wildman–Crippen MR) is 238 cm³/mol. The van der Waals surface area contributed by atoms with Gasteiger partial charge in [-0.25, -0.2) is 4.79 Å². The van der Waals surface area contributed by atoms with Crippen molar-refractivity contribution in [2.45, 2.75) is 154 Å². The molecule has 0 saturated carbocycles. The van der Waals surface area contributed by atoms with Crippen LogP contribution in [-0.4, -0.2) is 80.6 Å². The molecule has 2 atom stereocenters. The molecule has 0 rings (SSSR count). The largest absolute Gasteiger partial charge is 0.477 e. The van der Waals surface area contributed by atoms with Gasteiger partial charge in [0, 0.05) is 19.3 Å². The van der Waals surface area contributed by atoms with Crippen LogP contribution >= 0.6 is 0 Å². The van der Waals surface area contributed by atoms with E-state index >= 15 is 0 Å². The maximum absolute atomic E-state index is 12.7. The van der Waals surface area contributed by atoms with Crippen LogP contribution < -0.4 is 0 Å². The van der Waals surface area contributed by atoms with Gasteiger partial charge in [0.2, 0.25) is 0 Å². The van der Waals surface area contributed by atoms with Gasteiger partial charge in [-0.2, -0.15) is 0 Å². The number of carbonyl (C=O) groups excluding carboxylic acids is 2. The van der Waals surface area contributed by atoms with Gasteiger partial charge in [-0.15, -0.1) is 0 Å². The van der Waals surface area contributed by atoms with Crippen molar-refractivity contribution in [1.29, 1.82) is 0 Å². The quantitative estimate of drug-likeness (QED) is 0.0289. The minimum atomic E-state index is -0.893. The van der Waals surface area contributed by atoms with Crippen LogP contribution in [-0.2, 0) is 28.6 Å².